The minimum atomic E-state index is 0.0956. The van der Waals surface area contributed by atoms with Gasteiger partial charge in [-0.15, -0.1) is 0 Å². The average molecular weight is 228 g/mol. The molecule has 0 aliphatic heterocycles. The average Bonchev–Trinajstić information content (AvgIpc) is 2.39. The van der Waals surface area contributed by atoms with Crippen molar-refractivity contribution >= 4 is 16.8 Å². The Morgan fingerprint density at radius 2 is 2.12 bits per heavy atom. The van der Waals surface area contributed by atoms with E-state index in [-0.39, 0.29) is 5.91 Å². The zero-order chi connectivity index (χ0) is 12.1. The van der Waals surface area contributed by atoms with Crippen molar-refractivity contribution in [3.8, 4) is 0 Å². The Kier molecular flexibility index (Phi) is 3.70. The molecule has 0 atom stereocenters. The van der Waals surface area contributed by atoms with Crippen molar-refractivity contribution in [3.63, 3.8) is 0 Å². The standard InChI is InChI=1S/C14H16N2O/c1-2-13(17)15-10-8-12-6-3-5-11-7-4-9-16-14(11)12/h3-7,9H,2,8,10H2,1H3,(H,15,17). The van der Waals surface area contributed by atoms with Gasteiger partial charge in [0.25, 0.3) is 0 Å². The predicted molar refractivity (Wildman–Crippen MR) is 68.7 cm³/mol. The van der Waals surface area contributed by atoms with Gasteiger partial charge < -0.3 is 5.32 Å². The summed E-state index contributed by atoms with van der Waals surface area (Å²) in [4.78, 5) is 15.5. The number of nitrogens with one attached hydrogen (secondary N) is 1. The molecule has 2 rings (SSSR count). The highest BCUT2D eigenvalue weighted by Crippen LogP contribution is 2.15. The van der Waals surface area contributed by atoms with Gasteiger partial charge in [0, 0.05) is 24.5 Å². The highest BCUT2D eigenvalue weighted by molar-refractivity contribution is 5.81. The molecule has 88 valence electrons. The lowest BCUT2D eigenvalue weighted by Gasteiger charge is -2.06. The Morgan fingerprint density at radius 3 is 2.94 bits per heavy atom. The molecule has 3 heteroatoms. The van der Waals surface area contributed by atoms with Crippen LogP contribution in [-0.2, 0) is 11.2 Å². The van der Waals surface area contributed by atoms with E-state index in [1.807, 2.05) is 19.1 Å². The molecule has 0 unspecified atom stereocenters. The first-order valence-corrected chi connectivity index (χ1v) is 5.90. The number of pyridine rings is 1. The first-order chi connectivity index (χ1) is 8.31. The van der Waals surface area contributed by atoms with Crippen LogP contribution in [0.3, 0.4) is 0 Å². The Bertz CT molecular complexity index is 517. The number of amides is 1. The van der Waals surface area contributed by atoms with Gasteiger partial charge in [-0.2, -0.15) is 0 Å². The second kappa shape index (κ2) is 5.43. The minimum Gasteiger partial charge on any atom is -0.356 e. The minimum absolute atomic E-state index is 0.0956. The Hall–Kier alpha value is -1.90. The molecule has 0 radical (unpaired) electrons. The molecule has 0 saturated heterocycles. The van der Waals surface area contributed by atoms with Gasteiger partial charge in [-0.1, -0.05) is 31.2 Å². The molecule has 0 bridgehead atoms. The molecule has 1 heterocycles. The van der Waals surface area contributed by atoms with Crippen molar-refractivity contribution < 1.29 is 4.79 Å². The first kappa shape index (κ1) is 11.6. The summed E-state index contributed by atoms with van der Waals surface area (Å²) in [5.74, 6) is 0.0956. The molecule has 1 N–H and O–H groups in total. The molecule has 17 heavy (non-hydrogen) atoms. The van der Waals surface area contributed by atoms with Crippen LogP contribution in [0.2, 0.25) is 0 Å². The number of para-hydroxylation sites is 1. The van der Waals surface area contributed by atoms with Crippen molar-refractivity contribution in [2.24, 2.45) is 0 Å². The van der Waals surface area contributed by atoms with Crippen LogP contribution < -0.4 is 5.32 Å². The topological polar surface area (TPSA) is 42.0 Å². The summed E-state index contributed by atoms with van der Waals surface area (Å²) in [6, 6.07) is 10.1. The van der Waals surface area contributed by atoms with Crippen molar-refractivity contribution in [3.05, 3.63) is 42.1 Å². The number of carbonyl (C=O) groups is 1. The van der Waals surface area contributed by atoms with Crippen LogP contribution in [0.5, 0.6) is 0 Å². The maximum absolute atomic E-state index is 11.1. The molecule has 2 aromatic rings. The van der Waals surface area contributed by atoms with Crippen molar-refractivity contribution in [2.45, 2.75) is 19.8 Å². The second-order valence-corrected chi connectivity index (χ2v) is 3.95. The van der Waals surface area contributed by atoms with Crippen molar-refractivity contribution in [2.75, 3.05) is 6.54 Å². The third kappa shape index (κ3) is 2.81. The van der Waals surface area contributed by atoms with Gasteiger partial charge in [-0.3, -0.25) is 9.78 Å². The first-order valence-electron chi connectivity index (χ1n) is 5.90. The lowest BCUT2D eigenvalue weighted by Crippen LogP contribution is -2.24. The SMILES string of the molecule is CCC(=O)NCCc1cccc2cccnc12. The zero-order valence-electron chi connectivity index (χ0n) is 9.94. The molecule has 0 spiro atoms. The number of rotatable bonds is 4. The van der Waals surface area contributed by atoms with Gasteiger partial charge in [-0.05, 0) is 18.1 Å². The van der Waals surface area contributed by atoms with E-state index in [9.17, 15) is 4.79 Å². The fraction of sp³-hybridized carbons (Fsp3) is 0.286. The monoisotopic (exact) mass is 228 g/mol. The van der Waals surface area contributed by atoms with E-state index >= 15 is 0 Å². The van der Waals surface area contributed by atoms with Gasteiger partial charge in [-0.25, -0.2) is 0 Å². The number of nitrogens with zero attached hydrogens (tertiary/aromatic N) is 1. The van der Waals surface area contributed by atoms with E-state index in [2.05, 4.69) is 28.5 Å². The molecule has 0 fully saturated rings. The lowest BCUT2D eigenvalue weighted by atomic mass is 10.1. The summed E-state index contributed by atoms with van der Waals surface area (Å²) >= 11 is 0. The third-order valence-electron chi connectivity index (χ3n) is 2.75. The summed E-state index contributed by atoms with van der Waals surface area (Å²) in [5.41, 5.74) is 2.21. The summed E-state index contributed by atoms with van der Waals surface area (Å²) < 4.78 is 0. The maximum Gasteiger partial charge on any atom is 0.219 e. The number of fused-ring (bicyclic) bond motifs is 1. The fourth-order valence-electron chi connectivity index (χ4n) is 1.83. The van der Waals surface area contributed by atoms with Crippen LogP contribution in [0.25, 0.3) is 10.9 Å². The van der Waals surface area contributed by atoms with E-state index in [1.165, 1.54) is 5.56 Å². The lowest BCUT2D eigenvalue weighted by molar-refractivity contribution is -0.120. The Labute approximate surface area is 101 Å². The maximum atomic E-state index is 11.1. The van der Waals surface area contributed by atoms with Crippen LogP contribution in [-0.4, -0.2) is 17.4 Å². The van der Waals surface area contributed by atoms with Crippen LogP contribution in [0.4, 0.5) is 0 Å². The zero-order valence-corrected chi connectivity index (χ0v) is 9.94. The molecule has 1 amide bonds. The van der Waals surface area contributed by atoms with Crippen LogP contribution >= 0.6 is 0 Å². The van der Waals surface area contributed by atoms with Gasteiger partial charge in [0.2, 0.25) is 5.91 Å². The number of carbonyl (C=O) groups excluding carboxylic acids is 1. The quantitative estimate of drug-likeness (QED) is 0.872. The largest absolute Gasteiger partial charge is 0.356 e. The smallest absolute Gasteiger partial charge is 0.219 e. The number of hydrogen-bond acceptors (Lipinski definition) is 2. The van der Waals surface area contributed by atoms with Crippen molar-refractivity contribution in [1.29, 1.82) is 0 Å². The molecule has 0 aliphatic rings. The summed E-state index contributed by atoms with van der Waals surface area (Å²) in [6.07, 6.45) is 3.16. The Balaban J connectivity index is 2.11. The van der Waals surface area contributed by atoms with E-state index in [1.54, 1.807) is 6.20 Å². The molecule has 3 nitrogen and oxygen atoms in total. The van der Waals surface area contributed by atoms with Gasteiger partial charge in [0.1, 0.15) is 0 Å². The van der Waals surface area contributed by atoms with E-state index in [0.717, 1.165) is 17.3 Å². The molecular weight excluding hydrogens is 212 g/mol. The number of hydrogen-bond donors (Lipinski definition) is 1. The normalized spacial score (nSPS) is 10.4. The summed E-state index contributed by atoms with van der Waals surface area (Å²) in [6.45, 7) is 2.52. The summed E-state index contributed by atoms with van der Waals surface area (Å²) in [5, 5.41) is 4.02. The summed E-state index contributed by atoms with van der Waals surface area (Å²) in [7, 11) is 0. The molecule has 1 aromatic carbocycles. The number of benzene rings is 1. The van der Waals surface area contributed by atoms with Crippen LogP contribution in [0, 0.1) is 0 Å². The third-order valence-corrected chi connectivity index (χ3v) is 2.75. The predicted octanol–water partition coefficient (Wildman–Crippen LogP) is 2.30. The highest BCUT2D eigenvalue weighted by Gasteiger charge is 2.02. The highest BCUT2D eigenvalue weighted by atomic mass is 16.1. The van der Waals surface area contributed by atoms with Gasteiger partial charge >= 0.3 is 0 Å². The van der Waals surface area contributed by atoms with Crippen molar-refractivity contribution in [1.82, 2.24) is 10.3 Å². The van der Waals surface area contributed by atoms with Gasteiger partial charge in [0.15, 0.2) is 0 Å². The fourth-order valence-corrected chi connectivity index (χ4v) is 1.83. The van der Waals surface area contributed by atoms with Gasteiger partial charge in [0.05, 0.1) is 5.52 Å². The van der Waals surface area contributed by atoms with Crippen LogP contribution in [0.15, 0.2) is 36.5 Å². The molecule has 0 aliphatic carbocycles. The molecule has 1 aromatic heterocycles. The second-order valence-electron chi connectivity index (χ2n) is 3.95. The molecular formula is C14H16N2O. The van der Waals surface area contributed by atoms with E-state index in [0.29, 0.717) is 13.0 Å². The van der Waals surface area contributed by atoms with E-state index in [4.69, 9.17) is 0 Å². The van der Waals surface area contributed by atoms with Crippen LogP contribution in [0.1, 0.15) is 18.9 Å². The molecule has 0 saturated carbocycles. The Morgan fingerprint density at radius 1 is 1.29 bits per heavy atom. The van der Waals surface area contributed by atoms with E-state index < -0.39 is 0 Å². The number of aromatic nitrogens is 1.